The van der Waals surface area contributed by atoms with Crippen molar-refractivity contribution in [2.75, 3.05) is 19.7 Å². The van der Waals surface area contributed by atoms with Gasteiger partial charge in [-0.1, -0.05) is 18.2 Å². The van der Waals surface area contributed by atoms with Crippen LogP contribution in [0.2, 0.25) is 0 Å². The molecule has 1 saturated heterocycles. The Kier molecular flexibility index (Phi) is 3.59. The molecule has 0 aromatic heterocycles. The fourth-order valence-corrected chi connectivity index (χ4v) is 3.86. The van der Waals surface area contributed by atoms with Gasteiger partial charge < -0.3 is 10.1 Å². The molecule has 1 atom stereocenters. The van der Waals surface area contributed by atoms with Crippen molar-refractivity contribution in [3.63, 3.8) is 0 Å². The van der Waals surface area contributed by atoms with Crippen LogP contribution in [-0.2, 0) is 4.74 Å². The predicted octanol–water partition coefficient (Wildman–Crippen LogP) is 3.09. The molecular formula is C16H22FNO. The van der Waals surface area contributed by atoms with Crippen molar-refractivity contribution < 1.29 is 9.13 Å². The Bertz CT molecular complexity index is 442. The molecule has 0 radical (unpaired) electrons. The summed E-state index contributed by atoms with van der Waals surface area (Å²) >= 11 is 0. The number of nitrogens with one attached hydrogen (secondary N) is 1. The van der Waals surface area contributed by atoms with Crippen molar-refractivity contribution in [3.05, 3.63) is 35.6 Å². The van der Waals surface area contributed by atoms with Gasteiger partial charge in [0.15, 0.2) is 0 Å². The normalized spacial score (nSPS) is 34.2. The Hall–Kier alpha value is -0.930. The number of piperidine rings is 1. The highest BCUT2D eigenvalue weighted by atomic mass is 19.1. The maximum absolute atomic E-state index is 14.1. The van der Waals surface area contributed by atoms with Gasteiger partial charge in [-0.15, -0.1) is 0 Å². The van der Waals surface area contributed by atoms with Gasteiger partial charge in [0, 0.05) is 19.1 Å². The molecule has 0 amide bonds. The second-order valence-electron chi connectivity index (χ2n) is 5.88. The summed E-state index contributed by atoms with van der Waals surface area (Å²) in [5, 5.41) is 3.42. The van der Waals surface area contributed by atoms with Crippen LogP contribution < -0.4 is 5.32 Å². The van der Waals surface area contributed by atoms with Gasteiger partial charge in [0.25, 0.3) is 0 Å². The zero-order chi connectivity index (χ0) is 13.3. The first-order valence-corrected chi connectivity index (χ1v) is 7.32. The first-order chi connectivity index (χ1) is 9.25. The molecule has 1 aromatic carbocycles. The summed E-state index contributed by atoms with van der Waals surface area (Å²) in [5.74, 6) is 0.231. The van der Waals surface area contributed by atoms with E-state index in [4.69, 9.17) is 4.74 Å². The van der Waals surface area contributed by atoms with Gasteiger partial charge in [0.05, 0.1) is 6.10 Å². The number of rotatable bonds is 3. The van der Waals surface area contributed by atoms with E-state index in [1.807, 2.05) is 19.1 Å². The first kappa shape index (κ1) is 13.1. The third kappa shape index (κ3) is 2.30. The van der Waals surface area contributed by atoms with Gasteiger partial charge in [-0.3, -0.25) is 0 Å². The molecule has 1 spiro atoms. The minimum absolute atomic E-state index is 0.0598. The molecule has 2 aliphatic rings. The monoisotopic (exact) mass is 263 g/mol. The van der Waals surface area contributed by atoms with Crippen molar-refractivity contribution in [2.45, 2.75) is 38.2 Å². The number of halogens is 1. The van der Waals surface area contributed by atoms with Gasteiger partial charge >= 0.3 is 0 Å². The fourth-order valence-electron chi connectivity index (χ4n) is 3.86. The van der Waals surface area contributed by atoms with Crippen LogP contribution in [0, 0.1) is 11.2 Å². The molecule has 1 aromatic rings. The number of hydrogen-bond acceptors (Lipinski definition) is 2. The summed E-state index contributed by atoms with van der Waals surface area (Å²) in [6.07, 6.45) is 3.69. The van der Waals surface area contributed by atoms with E-state index in [9.17, 15) is 4.39 Å². The number of benzene rings is 1. The third-order valence-electron chi connectivity index (χ3n) is 4.84. The van der Waals surface area contributed by atoms with Crippen LogP contribution in [0.5, 0.6) is 0 Å². The van der Waals surface area contributed by atoms with E-state index in [1.54, 1.807) is 12.1 Å². The molecule has 1 heterocycles. The molecule has 0 bridgehead atoms. The van der Waals surface area contributed by atoms with Crippen molar-refractivity contribution in [3.8, 4) is 0 Å². The van der Waals surface area contributed by atoms with Crippen LogP contribution in [0.3, 0.4) is 0 Å². The van der Waals surface area contributed by atoms with Crippen LogP contribution in [-0.4, -0.2) is 25.8 Å². The third-order valence-corrected chi connectivity index (χ3v) is 4.84. The quantitative estimate of drug-likeness (QED) is 0.905. The highest BCUT2D eigenvalue weighted by Gasteiger charge is 2.51. The second kappa shape index (κ2) is 5.22. The van der Waals surface area contributed by atoms with Gasteiger partial charge in [-0.05, 0) is 49.8 Å². The molecule has 1 N–H and O–H groups in total. The molecule has 1 aliphatic heterocycles. The zero-order valence-electron chi connectivity index (χ0n) is 11.5. The van der Waals surface area contributed by atoms with Crippen molar-refractivity contribution >= 4 is 0 Å². The van der Waals surface area contributed by atoms with Crippen LogP contribution in [0.25, 0.3) is 0 Å². The lowest BCUT2D eigenvalue weighted by Gasteiger charge is -2.54. The minimum atomic E-state index is -0.0598. The smallest absolute Gasteiger partial charge is 0.126 e. The van der Waals surface area contributed by atoms with Gasteiger partial charge in [-0.2, -0.15) is 0 Å². The zero-order valence-corrected chi connectivity index (χ0v) is 11.5. The van der Waals surface area contributed by atoms with E-state index in [1.165, 1.54) is 0 Å². The average molecular weight is 263 g/mol. The summed E-state index contributed by atoms with van der Waals surface area (Å²) in [4.78, 5) is 0. The van der Waals surface area contributed by atoms with Crippen molar-refractivity contribution in [1.82, 2.24) is 5.32 Å². The molecule has 2 fully saturated rings. The van der Waals surface area contributed by atoms with Crippen molar-refractivity contribution in [2.24, 2.45) is 5.41 Å². The SMILES string of the molecule is CCOC1CC2(CCNCC2c2ccccc2F)C1. The molecule has 1 unspecified atom stereocenters. The van der Waals surface area contributed by atoms with Gasteiger partial charge in [-0.25, -0.2) is 4.39 Å². The summed E-state index contributed by atoms with van der Waals surface area (Å²) < 4.78 is 19.8. The van der Waals surface area contributed by atoms with E-state index in [2.05, 4.69) is 5.32 Å². The summed E-state index contributed by atoms with van der Waals surface area (Å²) in [5.41, 5.74) is 1.14. The number of hydrogen-bond donors (Lipinski definition) is 1. The van der Waals surface area contributed by atoms with E-state index in [0.29, 0.717) is 12.0 Å². The highest BCUT2D eigenvalue weighted by molar-refractivity contribution is 5.27. The Morgan fingerprint density at radius 1 is 1.37 bits per heavy atom. The van der Waals surface area contributed by atoms with Gasteiger partial charge in [0.1, 0.15) is 5.82 Å². The fraction of sp³-hybridized carbons (Fsp3) is 0.625. The van der Waals surface area contributed by atoms with E-state index in [-0.39, 0.29) is 11.2 Å². The Balaban J connectivity index is 1.81. The van der Waals surface area contributed by atoms with E-state index < -0.39 is 0 Å². The van der Waals surface area contributed by atoms with Crippen LogP contribution in [0.15, 0.2) is 24.3 Å². The molecule has 2 nitrogen and oxygen atoms in total. The lowest BCUT2D eigenvalue weighted by molar-refractivity contribution is -0.0999. The summed E-state index contributed by atoms with van der Waals surface area (Å²) in [6.45, 7) is 4.76. The van der Waals surface area contributed by atoms with Crippen molar-refractivity contribution in [1.29, 1.82) is 0 Å². The molecule has 3 rings (SSSR count). The second-order valence-corrected chi connectivity index (χ2v) is 5.88. The molecule has 1 saturated carbocycles. The van der Waals surface area contributed by atoms with Gasteiger partial charge in [0.2, 0.25) is 0 Å². The average Bonchev–Trinajstić information content (AvgIpc) is 2.39. The standard InChI is InChI=1S/C16H22FNO/c1-2-19-12-9-16(10-12)7-8-18-11-14(16)13-5-3-4-6-15(13)17/h3-6,12,14,18H,2,7-11H2,1H3. The molecule has 3 heteroatoms. The Morgan fingerprint density at radius 3 is 2.89 bits per heavy atom. The number of ether oxygens (including phenoxy) is 1. The molecule has 19 heavy (non-hydrogen) atoms. The predicted molar refractivity (Wildman–Crippen MR) is 73.7 cm³/mol. The lowest BCUT2D eigenvalue weighted by atomic mass is 9.55. The Morgan fingerprint density at radius 2 is 2.16 bits per heavy atom. The molecule has 1 aliphatic carbocycles. The van der Waals surface area contributed by atoms with Crippen LogP contribution >= 0.6 is 0 Å². The maximum atomic E-state index is 14.1. The molecule has 104 valence electrons. The van der Waals surface area contributed by atoms with E-state index in [0.717, 1.165) is 44.5 Å². The molecular weight excluding hydrogens is 241 g/mol. The summed E-state index contributed by atoms with van der Waals surface area (Å²) in [6, 6.07) is 7.24. The first-order valence-electron chi connectivity index (χ1n) is 7.32. The van der Waals surface area contributed by atoms with E-state index >= 15 is 0 Å². The summed E-state index contributed by atoms with van der Waals surface area (Å²) in [7, 11) is 0. The largest absolute Gasteiger partial charge is 0.378 e. The maximum Gasteiger partial charge on any atom is 0.126 e. The minimum Gasteiger partial charge on any atom is -0.378 e. The lowest BCUT2D eigenvalue weighted by Crippen LogP contribution is -2.53. The van der Waals surface area contributed by atoms with Crippen LogP contribution in [0.4, 0.5) is 4.39 Å². The highest BCUT2D eigenvalue weighted by Crippen LogP contribution is 2.56. The van der Waals surface area contributed by atoms with Crippen LogP contribution in [0.1, 0.15) is 37.7 Å². The Labute approximate surface area is 114 Å². The topological polar surface area (TPSA) is 21.3 Å².